The maximum absolute atomic E-state index is 13.0. The number of nitrogens with zero attached hydrogens (tertiary/aromatic N) is 2. The van der Waals surface area contributed by atoms with Crippen molar-refractivity contribution >= 4 is 29.2 Å². The quantitative estimate of drug-likeness (QED) is 0.401. The molecule has 1 aromatic carbocycles. The van der Waals surface area contributed by atoms with Crippen molar-refractivity contribution in [3.8, 4) is 17.2 Å². The highest BCUT2D eigenvalue weighted by Crippen LogP contribution is 2.36. The fourth-order valence-corrected chi connectivity index (χ4v) is 3.41. The minimum Gasteiger partial charge on any atom is -0.506 e. The van der Waals surface area contributed by atoms with Crippen molar-refractivity contribution < 1.29 is 19.4 Å². The zero-order chi connectivity index (χ0) is 22.3. The highest BCUT2D eigenvalue weighted by Gasteiger charge is 2.23. The molecule has 0 aliphatic rings. The number of allylic oxidation sites excluding steroid dienone is 1. The summed E-state index contributed by atoms with van der Waals surface area (Å²) in [6, 6.07) is 3.16. The second kappa shape index (κ2) is 12.2. The van der Waals surface area contributed by atoms with Crippen LogP contribution in [-0.4, -0.2) is 60.9 Å². The van der Waals surface area contributed by atoms with Gasteiger partial charge in [0.05, 0.1) is 19.7 Å². The van der Waals surface area contributed by atoms with E-state index in [1.807, 2.05) is 0 Å². The van der Waals surface area contributed by atoms with Gasteiger partial charge < -0.3 is 29.4 Å². The Morgan fingerprint density at radius 3 is 2.39 bits per heavy atom. The van der Waals surface area contributed by atoms with E-state index in [0.717, 1.165) is 26.1 Å². The highest BCUT2D eigenvalue weighted by atomic mass is 35.5. The van der Waals surface area contributed by atoms with Crippen molar-refractivity contribution in [2.24, 2.45) is 0 Å². The lowest BCUT2D eigenvalue weighted by Crippen LogP contribution is -2.35. The van der Waals surface area contributed by atoms with Crippen LogP contribution in [0.25, 0.3) is 10.9 Å². The van der Waals surface area contributed by atoms with E-state index >= 15 is 0 Å². The van der Waals surface area contributed by atoms with Gasteiger partial charge in [-0.15, -0.1) is 19.0 Å². The number of amides is 1. The molecule has 2 rings (SSSR count). The minimum absolute atomic E-state index is 0. The highest BCUT2D eigenvalue weighted by molar-refractivity contribution is 6.03. The van der Waals surface area contributed by atoms with Gasteiger partial charge in [-0.1, -0.05) is 19.9 Å². The van der Waals surface area contributed by atoms with E-state index < -0.39 is 11.5 Å². The molecule has 0 fully saturated rings. The van der Waals surface area contributed by atoms with Crippen molar-refractivity contribution in [1.82, 2.24) is 14.8 Å². The Bertz CT molecular complexity index is 970. The summed E-state index contributed by atoms with van der Waals surface area (Å²) in [5, 5.41) is 13.9. The van der Waals surface area contributed by atoms with Crippen molar-refractivity contribution in [3.05, 3.63) is 40.7 Å². The smallest absolute Gasteiger partial charge is 0.268 e. The topological polar surface area (TPSA) is 93.0 Å². The first kappa shape index (κ1) is 26.3. The first-order chi connectivity index (χ1) is 14.4. The molecule has 0 radical (unpaired) electrons. The SMILES string of the molecule is C=CCn1c(=O)c(C(=O)NCCCN(CC)CC)c(O)c2cc(OC)c(OC)cc21.Cl. The number of aromatic hydroxyl groups is 1. The van der Waals surface area contributed by atoms with E-state index in [2.05, 4.69) is 30.6 Å². The standard InChI is InChI=1S/C22H31N3O5.ClH/c1-6-11-25-16-14-18(30-5)17(29-4)13-15(16)20(26)19(22(25)28)21(27)23-10-9-12-24(7-2)8-3;/h6,13-14,26H,1,7-12H2,2-5H3,(H,23,27);1H. The number of halogens is 1. The number of methoxy groups -OCH3 is 2. The van der Waals surface area contributed by atoms with Crippen molar-refractivity contribution in [1.29, 1.82) is 0 Å². The molecule has 1 amide bonds. The molecule has 0 unspecified atom stereocenters. The van der Waals surface area contributed by atoms with Crippen LogP contribution in [0, 0.1) is 0 Å². The normalized spacial score (nSPS) is 10.6. The zero-order valence-corrected chi connectivity index (χ0v) is 19.4. The molecule has 31 heavy (non-hydrogen) atoms. The van der Waals surface area contributed by atoms with Crippen LogP contribution in [0.4, 0.5) is 0 Å². The van der Waals surface area contributed by atoms with Gasteiger partial charge in [-0.05, 0) is 32.1 Å². The molecule has 2 N–H and O–H groups in total. The number of carbonyl (C=O) groups excluding carboxylic acids is 1. The molecule has 1 heterocycles. The maximum atomic E-state index is 13.0. The summed E-state index contributed by atoms with van der Waals surface area (Å²) >= 11 is 0. The van der Waals surface area contributed by atoms with Gasteiger partial charge in [0.2, 0.25) is 0 Å². The van der Waals surface area contributed by atoms with Crippen LogP contribution in [0.15, 0.2) is 29.6 Å². The van der Waals surface area contributed by atoms with Crippen molar-refractivity contribution in [2.45, 2.75) is 26.8 Å². The van der Waals surface area contributed by atoms with Crippen molar-refractivity contribution in [3.63, 3.8) is 0 Å². The van der Waals surface area contributed by atoms with Crippen LogP contribution in [-0.2, 0) is 6.54 Å². The molecule has 0 aliphatic heterocycles. The van der Waals surface area contributed by atoms with Crippen LogP contribution in [0.1, 0.15) is 30.6 Å². The third-order valence-electron chi connectivity index (χ3n) is 5.11. The van der Waals surface area contributed by atoms with Gasteiger partial charge in [-0.2, -0.15) is 0 Å². The van der Waals surface area contributed by atoms with E-state index in [1.165, 1.54) is 18.8 Å². The molecule has 0 bridgehead atoms. The molecule has 0 saturated heterocycles. The van der Waals surface area contributed by atoms with E-state index in [0.29, 0.717) is 28.9 Å². The Morgan fingerprint density at radius 1 is 1.23 bits per heavy atom. The second-order valence-corrected chi connectivity index (χ2v) is 6.79. The average Bonchev–Trinajstić information content (AvgIpc) is 2.75. The van der Waals surface area contributed by atoms with Gasteiger partial charge in [0, 0.05) is 24.5 Å². The second-order valence-electron chi connectivity index (χ2n) is 6.79. The number of ether oxygens (including phenoxy) is 2. The molecule has 2 aromatic rings. The molecule has 0 aliphatic carbocycles. The summed E-state index contributed by atoms with van der Waals surface area (Å²) in [5.41, 5.74) is -0.457. The Morgan fingerprint density at radius 2 is 1.84 bits per heavy atom. The number of hydrogen-bond donors (Lipinski definition) is 2. The number of benzene rings is 1. The predicted molar refractivity (Wildman–Crippen MR) is 125 cm³/mol. The number of carbonyl (C=O) groups is 1. The molecule has 0 saturated carbocycles. The van der Waals surface area contributed by atoms with E-state index in [9.17, 15) is 14.7 Å². The summed E-state index contributed by atoms with van der Waals surface area (Å²) in [7, 11) is 2.96. The van der Waals surface area contributed by atoms with Gasteiger partial charge in [-0.3, -0.25) is 9.59 Å². The Hall–Kier alpha value is -2.71. The van der Waals surface area contributed by atoms with Gasteiger partial charge in [0.15, 0.2) is 11.5 Å². The van der Waals surface area contributed by atoms with Gasteiger partial charge in [0.25, 0.3) is 11.5 Å². The van der Waals surface area contributed by atoms with E-state index in [1.54, 1.807) is 18.2 Å². The lowest BCUT2D eigenvalue weighted by Gasteiger charge is -2.18. The largest absolute Gasteiger partial charge is 0.506 e. The molecule has 9 heteroatoms. The molecule has 172 valence electrons. The number of rotatable bonds is 11. The first-order valence-electron chi connectivity index (χ1n) is 10.1. The van der Waals surface area contributed by atoms with Crippen LogP contribution in [0.3, 0.4) is 0 Å². The number of hydrogen-bond acceptors (Lipinski definition) is 6. The Kier molecular flexibility index (Phi) is 10.4. The van der Waals surface area contributed by atoms with Crippen LogP contribution < -0.4 is 20.3 Å². The minimum atomic E-state index is -0.605. The lowest BCUT2D eigenvalue weighted by molar-refractivity contribution is 0.0947. The third-order valence-corrected chi connectivity index (χ3v) is 5.11. The molecular weight excluding hydrogens is 422 g/mol. The lowest BCUT2D eigenvalue weighted by atomic mass is 10.1. The Labute approximate surface area is 188 Å². The molecule has 1 aromatic heterocycles. The molecule has 0 atom stereocenters. The van der Waals surface area contributed by atoms with Crippen LogP contribution in [0.5, 0.6) is 17.2 Å². The number of nitrogens with one attached hydrogen (secondary N) is 1. The summed E-state index contributed by atoms with van der Waals surface area (Å²) in [5.74, 6) is -0.186. The molecule has 0 spiro atoms. The summed E-state index contributed by atoms with van der Waals surface area (Å²) in [6.07, 6.45) is 2.30. The summed E-state index contributed by atoms with van der Waals surface area (Å²) < 4.78 is 12.0. The fraction of sp³-hybridized carbons (Fsp3) is 0.455. The summed E-state index contributed by atoms with van der Waals surface area (Å²) in [4.78, 5) is 28.1. The first-order valence-corrected chi connectivity index (χ1v) is 10.1. The van der Waals surface area contributed by atoms with Gasteiger partial charge in [0.1, 0.15) is 11.3 Å². The van der Waals surface area contributed by atoms with Crippen LogP contribution in [0.2, 0.25) is 0 Å². The summed E-state index contributed by atoms with van der Waals surface area (Å²) in [6.45, 7) is 11.1. The zero-order valence-electron chi connectivity index (χ0n) is 18.6. The van der Waals surface area contributed by atoms with Gasteiger partial charge >= 0.3 is 0 Å². The Balaban J connectivity index is 0.00000480. The number of pyridine rings is 1. The van der Waals surface area contributed by atoms with Crippen molar-refractivity contribution in [2.75, 3.05) is 40.4 Å². The fourth-order valence-electron chi connectivity index (χ4n) is 3.41. The maximum Gasteiger partial charge on any atom is 0.268 e. The predicted octanol–water partition coefficient (Wildman–Crippen LogP) is 2.79. The van der Waals surface area contributed by atoms with Gasteiger partial charge in [-0.25, -0.2) is 0 Å². The average molecular weight is 454 g/mol. The van der Waals surface area contributed by atoms with Crippen LogP contribution >= 0.6 is 12.4 Å². The molecular formula is C22H32ClN3O5. The molecule has 8 nitrogen and oxygen atoms in total. The van der Waals surface area contributed by atoms with E-state index in [4.69, 9.17) is 9.47 Å². The monoisotopic (exact) mass is 453 g/mol. The van der Waals surface area contributed by atoms with E-state index in [-0.39, 0.29) is 30.3 Å². The third kappa shape index (κ3) is 5.71. The number of aromatic nitrogens is 1. The number of fused-ring (bicyclic) bond motifs is 1.